The van der Waals surface area contributed by atoms with Gasteiger partial charge in [0.25, 0.3) is 5.91 Å². The summed E-state index contributed by atoms with van der Waals surface area (Å²) in [6.07, 6.45) is 2.25. The van der Waals surface area contributed by atoms with E-state index < -0.39 is 5.91 Å². The molecule has 1 unspecified atom stereocenters. The monoisotopic (exact) mass is 500 g/mol. The second-order valence-electron chi connectivity index (χ2n) is 9.04. The summed E-state index contributed by atoms with van der Waals surface area (Å²) in [7, 11) is 1.80. The Kier molecular flexibility index (Phi) is 8.11. The van der Waals surface area contributed by atoms with Gasteiger partial charge in [0.1, 0.15) is 23.5 Å². The first-order chi connectivity index (χ1) is 17.8. The van der Waals surface area contributed by atoms with Crippen LogP contribution >= 0.6 is 0 Å². The number of likely N-dealkylation sites (tertiary alicyclic amines) is 1. The minimum atomic E-state index is -0.390. The van der Waals surface area contributed by atoms with Crippen LogP contribution in [0.2, 0.25) is 0 Å². The number of hydrogen-bond donors (Lipinski definition) is 4. The number of carbonyl (C=O) groups is 2. The summed E-state index contributed by atoms with van der Waals surface area (Å²) in [6, 6.07) is 19.4. The van der Waals surface area contributed by atoms with Gasteiger partial charge in [0, 0.05) is 44.8 Å². The third-order valence-corrected chi connectivity index (χ3v) is 6.32. The van der Waals surface area contributed by atoms with Crippen LogP contribution in [0.25, 0.3) is 11.0 Å². The summed E-state index contributed by atoms with van der Waals surface area (Å²) < 4.78 is 1.75. The van der Waals surface area contributed by atoms with Crippen molar-refractivity contribution in [3.05, 3.63) is 89.4 Å². The number of aromatic nitrogens is 3. The Hall–Kier alpha value is -4.28. The Bertz CT molecular complexity index is 1370. The van der Waals surface area contributed by atoms with Crippen molar-refractivity contribution in [1.82, 2.24) is 24.8 Å². The number of rotatable bonds is 6. The highest BCUT2D eigenvalue weighted by atomic mass is 16.2. The van der Waals surface area contributed by atoms with Crippen LogP contribution in [0.3, 0.4) is 0 Å². The molecule has 1 fully saturated rings. The lowest BCUT2D eigenvalue weighted by atomic mass is 10.1. The Morgan fingerprint density at radius 3 is 2.30 bits per heavy atom. The fourth-order valence-electron chi connectivity index (χ4n) is 4.23. The lowest BCUT2D eigenvalue weighted by Crippen LogP contribution is -2.32. The number of nitrogens with zero attached hydrogens (tertiary/aromatic N) is 4. The summed E-state index contributed by atoms with van der Waals surface area (Å²) >= 11 is 0. The quantitative estimate of drug-likeness (QED) is 0.314. The van der Waals surface area contributed by atoms with Gasteiger partial charge < -0.3 is 32.0 Å². The smallest absolute Gasteiger partial charge is 0.270 e. The van der Waals surface area contributed by atoms with E-state index in [9.17, 15) is 9.59 Å². The number of nitrogen functional groups attached to an aromatic ring is 1. The summed E-state index contributed by atoms with van der Waals surface area (Å²) in [5, 5.41) is 4.06. The van der Waals surface area contributed by atoms with Crippen LogP contribution < -0.4 is 22.5 Å². The van der Waals surface area contributed by atoms with Gasteiger partial charge in [-0.15, -0.1) is 0 Å². The largest absolute Gasteiger partial charge is 0.383 e. The van der Waals surface area contributed by atoms with Crippen LogP contribution in [0, 0.1) is 0 Å². The molecule has 3 heterocycles. The van der Waals surface area contributed by atoms with E-state index in [0.717, 1.165) is 25.1 Å². The molecule has 2 aromatic carbocycles. The number of primary amides is 1. The van der Waals surface area contributed by atoms with E-state index in [1.807, 2.05) is 30.3 Å². The van der Waals surface area contributed by atoms with E-state index in [0.29, 0.717) is 41.2 Å². The van der Waals surface area contributed by atoms with E-state index in [1.54, 1.807) is 34.7 Å². The molecule has 2 aromatic heterocycles. The summed E-state index contributed by atoms with van der Waals surface area (Å²) in [5.74, 6) is -0.0376. The van der Waals surface area contributed by atoms with Gasteiger partial charge in [-0.2, -0.15) is 0 Å². The molecule has 37 heavy (non-hydrogen) atoms. The standard InChI is InChI=1S/C15H16N2O.C12H16N6O/c16-15(18)14-8-6-13(7-9-14)11-17-10-12-4-2-1-3-5-12;1-17-9(12(19)18-3-2-7(13)5-18)4-8-10(14)15-6-16-11(8)17/h1-9,17H,10-11H2,(H2,16,18);4,6-7H,2-3,5,13H2,1H3,(H2,14,15,16). The van der Waals surface area contributed by atoms with E-state index in [1.165, 1.54) is 11.9 Å². The highest BCUT2D eigenvalue weighted by Crippen LogP contribution is 2.22. The Labute approximate surface area is 215 Å². The third kappa shape index (κ3) is 6.29. The molecule has 0 radical (unpaired) electrons. The van der Waals surface area contributed by atoms with Crippen LogP contribution in [0.15, 0.2) is 67.0 Å². The SMILES string of the molecule is Cn1c(C(=O)N2CCC(N)C2)cc2c(N)ncnc21.NC(=O)c1ccc(CNCc2ccccc2)cc1. The second-order valence-corrected chi connectivity index (χ2v) is 9.04. The van der Waals surface area contributed by atoms with Crippen molar-refractivity contribution in [3.63, 3.8) is 0 Å². The highest BCUT2D eigenvalue weighted by Gasteiger charge is 2.27. The molecule has 2 amide bonds. The average molecular weight is 501 g/mol. The first-order valence-corrected chi connectivity index (χ1v) is 12.1. The number of nitrogens with one attached hydrogen (secondary N) is 1. The number of anilines is 1. The zero-order valence-corrected chi connectivity index (χ0v) is 20.8. The molecule has 0 saturated carbocycles. The number of aryl methyl sites for hydroxylation is 1. The van der Waals surface area contributed by atoms with Gasteiger partial charge in [0.05, 0.1) is 5.39 Å². The number of benzene rings is 2. The van der Waals surface area contributed by atoms with Crippen molar-refractivity contribution in [1.29, 1.82) is 0 Å². The van der Waals surface area contributed by atoms with Crippen molar-refractivity contribution >= 4 is 28.7 Å². The van der Waals surface area contributed by atoms with Crippen molar-refractivity contribution in [2.45, 2.75) is 25.6 Å². The third-order valence-electron chi connectivity index (χ3n) is 6.32. The molecule has 1 atom stereocenters. The molecule has 7 N–H and O–H groups in total. The van der Waals surface area contributed by atoms with E-state index >= 15 is 0 Å². The van der Waals surface area contributed by atoms with Crippen LogP contribution in [-0.4, -0.2) is 50.4 Å². The highest BCUT2D eigenvalue weighted by molar-refractivity contribution is 6.00. The van der Waals surface area contributed by atoms with Gasteiger partial charge in [-0.3, -0.25) is 9.59 Å². The molecule has 5 rings (SSSR count). The maximum absolute atomic E-state index is 12.5. The molecule has 1 aliphatic rings. The van der Waals surface area contributed by atoms with E-state index in [4.69, 9.17) is 17.2 Å². The number of amides is 2. The molecule has 0 bridgehead atoms. The van der Waals surface area contributed by atoms with Gasteiger partial charge in [-0.05, 0) is 35.7 Å². The van der Waals surface area contributed by atoms with Gasteiger partial charge in [0.15, 0.2) is 0 Å². The van der Waals surface area contributed by atoms with Crippen molar-refractivity contribution in [2.75, 3.05) is 18.8 Å². The molecule has 0 aliphatic carbocycles. The summed E-state index contributed by atoms with van der Waals surface area (Å²) in [6.45, 7) is 2.90. The van der Waals surface area contributed by atoms with Crippen LogP contribution in [-0.2, 0) is 20.1 Å². The van der Waals surface area contributed by atoms with Crippen LogP contribution in [0.4, 0.5) is 5.82 Å². The molecule has 1 aliphatic heterocycles. The Morgan fingerprint density at radius 1 is 1.03 bits per heavy atom. The summed E-state index contributed by atoms with van der Waals surface area (Å²) in [5.41, 5.74) is 21.0. The van der Waals surface area contributed by atoms with Crippen molar-refractivity contribution in [2.24, 2.45) is 18.5 Å². The van der Waals surface area contributed by atoms with E-state index in [2.05, 4.69) is 27.4 Å². The number of carbonyl (C=O) groups excluding carboxylic acids is 2. The van der Waals surface area contributed by atoms with Gasteiger partial charge >= 0.3 is 0 Å². The van der Waals surface area contributed by atoms with Gasteiger partial charge in [-0.25, -0.2) is 9.97 Å². The number of nitrogens with two attached hydrogens (primary N) is 3. The lowest BCUT2D eigenvalue weighted by Gasteiger charge is -2.15. The predicted molar refractivity (Wildman–Crippen MR) is 143 cm³/mol. The van der Waals surface area contributed by atoms with Crippen LogP contribution in [0.1, 0.15) is 38.4 Å². The minimum Gasteiger partial charge on any atom is -0.383 e. The minimum absolute atomic E-state index is 0.0344. The topological polar surface area (TPSA) is 158 Å². The fraction of sp³-hybridized carbons (Fsp3) is 0.259. The fourth-order valence-corrected chi connectivity index (χ4v) is 4.23. The zero-order chi connectivity index (χ0) is 26.4. The Balaban J connectivity index is 0.000000173. The zero-order valence-electron chi connectivity index (χ0n) is 20.8. The lowest BCUT2D eigenvalue weighted by molar-refractivity contribution is 0.0781. The first kappa shape index (κ1) is 25.8. The summed E-state index contributed by atoms with van der Waals surface area (Å²) in [4.78, 5) is 33.2. The van der Waals surface area contributed by atoms with Gasteiger partial charge in [0.2, 0.25) is 5.91 Å². The molecule has 4 aromatic rings. The molecule has 10 nitrogen and oxygen atoms in total. The molecular weight excluding hydrogens is 468 g/mol. The average Bonchev–Trinajstić information content (AvgIpc) is 3.49. The second kappa shape index (κ2) is 11.6. The molecular formula is C27H32N8O2. The van der Waals surface area contributed by atoms with Crippen molar-refractivity contribution < 1.29 is 9.59 Å². The van der Waals surface area contributed by atoms with E-state index in [-0.39, 0.29) is 11.9 Å². The molecule has 192 valence electrons. The normalized spacial score (nSPS) is 14.9. The van der Waals surface area contributed by atoms with Gasteiger partial charge in [-0.1, -0.05) is 42.5 Å². The maximum atomic E-state index is 12.5. The Morgan fingerprint density at radius 2 is 1.70 bits per heavy atom. The predicted octanol–water partition coefficient (Wildman–Crippen LogP) is 1.80. The molecule has 0 spiro atoms. The van der Waals surface area contributed by atoms with Crippen LogP contribution in [0.5, 0.6) is 0 Å². The number of fused-ring (bicyclic) bond motifs is 1. The first-order valence-electron chi connectivity index (χ1n) is 12.1. The van der Waals surface area contributed by atoms with Crippen molar-refractivity contribution in [3.8, 4) is 0 Å². The molecule has 1 saturated heterocycles. The number of hydrogen-bond acceptors (Lipinski definition) is 7. The maximum Gasteiger partial charge on any atom is 0.270 e. The molecule has 10 heteroatoms.